The third-order valence-corrected chi connectivity index (χ3v) is 3.88. The molecule has 5 heteroatoms. The Morgan fingerprint density at radius 1 is 1.26 bits per heavy atom. The molecule has 0 aromatic heterocycles. The molecule has 0 bridgehead atoms. The fourth-order valence-electron chi connectivity index (χ4n) is 2.56. The molecule has 1 saturated carbocycles. The first kappa shape index (κ1) is 16.0. The first-order valence-electron chi connectivity index (χ1n) is 7.06. The molecule has 0 saturated heterocycles. The number of methoxy groups -OCH3 is 1. The van der Waals surface area contributed by atoms with Crippen molar-refractivity contribution in [2.45, 2.75) is 56.9 Å². The largest absolute Gasteiger partial charge is 0.469 e. The number of ether oxygens (including phenoxy) is 1. The molecule has 0 aliphatic heterocycles. The minimum atomic E-state index is -0.314. The molecule has 0 unspecified atom stereocenters. The number of hydrogen-bond donors (Lipinski definition) is 1. The van der Waals surface area contributed by atoms with Crippen LogP contribution in [0.25, 0.3) is 0 Å². The van der Waals surface area contributed by atoms with Crippen molar-refractivity contribution in [2.75, 3.05) is 20.7 Å². The second-order valence-electron chi connectivity index (χ2n) is 5.59. The van der Waals surface area contributed by atoms with E-state index in [1.54, 1.807) is 11.9 Å². The monoisotopic (exact) mass is 270 g/mol. The van der Waals surface area contributed by atoms with E-state index in [1.165, 1.54) is 13.5 Å². The average molecular weight is 270 g/mol. The minimum Gasteiger partial charge on any atom is -0.469 e. The number of nitrogens with two attached hydrogens (primary N) is 1. The zero-order chi connectivity index (χ0) is 14.3. The van der Waals surface area contributed by atoms with Gasteiger partial charge in [-0.05, 0) is 19.3 Å². The summed E-state index contributed by atoms with van der Waals surface area (Å²) in [6, 6.07) is 0. The molecule has 0 aromatic rings. The Bertz CT molecular complexity index is 312. The maximum absolute atomic E-state index is 12.1. The molecule has 2 N–H and O–H groups in total. The molecule has 0 atom stereocenters. The van der Waals surface area contributed by atoms with Crippen molar-refractivity contribution in [3.8, 4) is 0 Å². The molecule has 0 radical (unpaired) electrons. The van der Waals surface area contributed by atoms with Gasteiger partial charge in [-0.2, -0.15) is 0 Å². The number of nitrogens with zero attached hydrogens (tertiary/aromatic N) is 1. The molecule has 1 amide bonds. The lowest BCUT2D eigenvalue weighted by Gasteiger charge is -2.34. The lowest BCUT2D eigenvalue weighted by Crippen LogP contribution is -2.46. The number of esters is 1. The summed E-state index contributed by atoms with van der Waals surface area (Å²) < 4.78 is 4.57. The van der Waals surface area contributed by atoms with E-state index >= 15 is 0 Å². The van der Waals surface area contributed by atoms with Gasteiger partial charge >= 0.3 is 5.97 Å². The summed E-state index contributed by atoms with van der Waals surface area (Å²) in [6.07, 6.45) is 6.74. The first-order chi connectivity index (χ1) is 8.97. The topological polar surface area (TPSA) is 72.6 Å². The summed E-state index contributed by atoms with van der Waals surface area (Å²) >= 11 is 0. The maximum Gasteiger partial charge on any atom is 0.305 e. The van der Waals surface area contributed by atoms with Crippen LogP contribution in [-0.4, -0.2) is 43.0 Å². The summed E-state index contributed by atoms with van der Waals surface area (Å²) in [5, 5.41) is 0. The summed E-state index contributed by atoms with van der Waals surface area (Å²) in [6.45, 7) is 0.573. The Kier molecular flexibility index (Phi) is 6.28. The Morgan fingerprint density at radius 2 is 1.89 bits per heavy atom. The molecule has 5 nitrogen and oxygen atoms in total. The minimum absolute atomic E-state index is 0.0780. The highest BCUT2D eigenvalue weighted by atomic mass is 16.5. The molecular weight excluding hydrogens is 244 g/mol. The van der Waals surface area contributed by atoms with Gasteiger partial charge in [0.2, 0.25) is 5.91 Å². The molecule has 0 aromatic carbocycles. The van der Waals surface area contributed by atoms with Gasteiger partial charge < -0.3 is 15.4 Å². The van der Waals surface area contributed by atoms with E-state index in [4.69, 9.17) is 5.73 Å². The Balaban J connectivity index is 2.29. The molecule has 1 fully saturated rings. The van der Waals surface area contributed by atoms with Crippen molar-refractivity contribution in [3.05, 3.63) is 0 Å². The van der Waals surface area contributed by atoms with Crippen molar-refractivity contribution in [1.29, 1.82) is 0 Å². The van der Waals surface area contributed by atoms with Crippen LogP contribution >= 0.6 is 0 Å². The van der Waals surface area contributed by atoms with E-state index in [0.29, 0.717) is 25.8 Å². The van der Waals surface area contributed by atoms with Crippen molar-refractivity contribution in [2.24, 2.45) is 5.73 Å². The standard InChI is InChI=1S/C14H26N2O3/c1-16(10-6-7-13(18)19-2)12(17)11-14(15)8-4-3-5-9-14/h3-11,15H2,1-2H3. The Morgan fingerprint density at radius 3 is 2.47 bits per heavy atom. The van der Waals surface area contributed by atoms with Gasteiger partial charge in [-0.1, -0.05) is 19.3 Å². The van der Waals surface area contributed by atoms with Crippen LogP contribution in [0.1, 0.15) is 51.4 Å². The molecular formula is C14H26N2O3. The highest BCUT2D eigenvalue weighted by Gasteiger charge is 2.30. The zero-order valence-corrected chi connectivity index (χ0v) is 12.1. The fraction of sp³-hybridized carbons (Fsp3) is 0.857. The Hall–Kier alpha value is -1.10. The first-order valence-corrected chi connectivity index (χ1v) is 7.06. The van der Waals surface area contributed by atoms with E-state index in [0.717, 1.165) is 25.7 Å². The second kappa shape index (κ2) is 7.48. The summed E-state index contributed by atoms with van der Waals surface area (Å²) in [5.41, 5.74) is 5.96. The average Bonchev–Trinajstić information content (AvgIpc) is 2.38. The number of hydrogen-bond acceptors (Lipinski definition) is 4. The zero-order valence-electron chi connectivity index (χ0n) is 12.1. The van der Waals surface area contributed by atoms with Gasteiger partial charge in [-0.25, -0.2) is 0 Å². The molecule has 0 heterocycles. The predicted octanol–water partition coefficient (Wildman–Crippen LogP) is 1.45. The maximum atomic E-state index is 12.1. The molecule has 110 valence electrons. The molecule has 1 aliphatic rings. The second-order valence-corrected chi connectivity index (χ2v) is 5.59. The smallest absolute Gasteiger partial charge is 0.305 e. The van der Waals surface area contributed by atoms with E-state index in [1.807, 2.05) is 0 Å². The van der Waals surface area contributed by atoms with Gasteiger partial charge in [0.05, 0.1) is 7.11 Å². The quantitative estimate of drug-likeness (QED) is 0.741. The van der Waals surface area contributed by atoms with E-state index in [9.17, 15) is 9.59 Å². The van der Waals surface area contributed by atoms with Crippen LogP contribution in [0.5, 0.6) is 0 Å². The van der Waals surface area contributed by atoms with Gasteiger partial charge in [0.1, 0.15) is 0 Å². The fourth-order valence-corrected chi connectivity index (χ4v) is 2.56. The van der Waals surface area contributed by atoms with Crippen LogP contribution in [0.3, 0.4) is 0 Å². The van der Waals surface area contributed by atoms with Crippen molar-refractivity contribution >= 4 is 11.9 Å². The van der Waals surface area contributed by atoms with E-state index < -0.39 is 0 Å². The molecule has 0 spiro atoms. The van der Waals surface area contributed by atoms with Crippen LogP contribution < -0.4 is 5.73 Å². The van der Waals surface area contributed by atoms with Gasteiger partial charge in [-0.3, -0.25) is 9.59 Å². The van der Waals surface area contributed by atoms with Crippen LogP contribution in [0.2, 0.25) is 0 Å². The third kappa shape index (κ3) is 5.59. The Labute approximate surface area is 115 Å². The highest BCUT2D eigenvalue weighted by Crippen LogP contribution is 2.29. The van der Waals surface area contributed by atoms with Gasteiger partial charge in [0, 0.05) is 32.0 Å². The van der Waals surface area contributed by atoms with Crippen molar-refractivity contribution in [3.63, 3.8) is 0 Å². The van der Waals surface area contributed by atoms with Gasteiger partial charge in [0.15, 0.2) is 0 Å². The highest BCUT2D eigenvalue weighted by molar-refractivity contribution is 5.77. The summed E-state index contributed by atoms with van der Waals surface area (Å²) in [5.74, 6) is -0.155. The van der Waals surface area contributed by atoms with E-state index in [2.05, 4.69) is 4.74 Å². The number of rotatable bonds is 6. The van der Waals surface area contributed by atoms with Crippen LogP contribution in [0.4, 0.5) is 0 Å². The lowest BCUT2D eigenvalue weighted by molar-refractivity contribution is -0.141. The molecule has 1 aliphatic carbocycles. The predicted molar refractivity (Wildman–Crippen MR) is 73.5 cm³/mol. The third-order valence-electron chi connectivity index (χ3n) is 3.88. The van der Waals surface area contributed by atoms with Crippen molar-refractivity contribution in [1.82, 2.24) is 4.90 Å². The normalized spacial score (nSPS) is 17.8. The van der Waals surface area contributed by atoms with Gasteiger partial charge in [0.25, 0.3) is 0 Å². The van der Waals surface area contributed by atoms with E-state index in [-0.39, 0.29) is 17.4 Å². The number of carbonyl (C=O) groups excluding carboxylic acids is 2. The summed E-state index contributed by atoms with van der Waals surface area (Å²) in [7, 11) is 3.14. The van der Waals surface area contributed by atoms with Crippen molar-refractivity contribution < 1.29 is 14.3 Å². The van der Waals surface area contributed by atoms with Gasteiger partial charge in [-0.15, -0.1) is 0 Å². The molecule has 19 heavy (non-hydrogen) atoms. The lowest BCUT2D eigenvalue weighted by atomic mass is 9.80. The number of amides is 1. The van der Waals surface area contributed by atoms with Crippen LogP contribution in [0, 0.1) is 0 Å². The van der Waals surface area contributed by atoms with Crippen LogP contribution in [0.15, 0.2) is 0 Å². The number of carbonyl (C=O) groups is 2. The van der Waals surface area contributed by atoms with Crippen LogP contribution in [-0.2, 0) is 14.3 Å². The summed E-state index contributed by atoms with van der Waals surface area (Å²) in [4.78, 5) is 24.7. The SMILES string of the molecule is COC(=O)CCCN(C)C(=O)CC1(N)CCCCC1. The molecule has 1 rings (SSSR count).